The van der Waals surface area contributed by atoms with Gasteiger partial charge in [0.25, 0.3) is 0 Å². The molecule has 0 saturated carbocycles. The van der Waals surface area contributed by atoms with Crippen molar-refractivity contribution in [2.75, 3.05) is 0 Å². The first-order valence-electron chi connectivity index (χ1n) is 16.4. The molecule has 0 nitrogen and oxygen atoms in total. The first-order valence-corrected chi connectivity index (χ1v) is 17.7. The maximum Gasteiger partial charge on any atom is -1.00 e. The van der Waals surface area contributed by atoms with Crippen LogP contribution in [0.15, 0.2) is 140 Å². The summed E-state index contributed by atoms with van der Waals surface area (Å²) in [4.78, 5) is 0. The maximum absolute atomic E-state index is 2.54. The van der Waals surface area contributed by atoms with E-state index in [0.29, 0.717) is 0 Å². The number of allylic oxidation sites excluding steroid dienone is 1. The third kappa shape index (κ3) is 5.71. The van der Waals surface area contributed by atoms with Gasteiger partial charge in [-0.2, -0.15) is 0 Å². The molecule has 0 saturated heterocycles. The summed E-state index contributed by atoms with van der Waals surface area (Å²) >= 11 is 1.47. The van der Waals surface area contributed by atoms with Crippen molar-refractivity contribution >= 4 is 20.5 Å². The monoisotopic (exact) mass is 735 g/mol. The molecule has 0 aliphatic heterocycles. The fraction of sp³-hybridized carbons (Fsp3) is 0.111. The molecule has 6 aromatic rings. The number of hydrogen-bond acceptors (Lipinski definition) is 0. The van der Waals surface area contributed by atoms with Crippen molar-refractivity contribution in [2.45, 2.75) is 32.6 Å². The topological polar surface area (TPSA) is 0 Å². The van der Waals surface area contributed by atoms with Gasteiger partial charge in [0.1, 0.15) is 0 Å². The molecule has 6 aromatic carbocycles. The smallest absolute Gasteiger partial charge is 1.00 e. The minimum Gasteiger partial charge on any atom is -1.00 e. The van der Waals surface area contributed by atoms with Crippen LogP contribution in [0.5, 0.6) is 0 Å². The second-order valence-electron chi connectivity index (χ2n) is 12.3. The van der Waals surface area contributed by atoms with E-state index in [2.05, 4.69) is 159 Å². The summed E-state index contributed by atoms with van der Waals surface area (Å²) < 4.78 is 1.49. The van der Waals surface area contributed by atoms with E-state index in [0.717, 1.165) is 12.8 Å². The third-order valence-corrected chi connectivity index (χ3v) is 11.1. The van der Waals surface area contributed by atoms with Crippen LogP contribution in [-0.4, -0.2) is 0 Å². The van der Waals surface area contributed by atoms with Gasteiger partial charge in [-0.15, -0.1) is 0 Å². The number of benzene rings is 6. The van der Waals surface area contributed by atoms with Crippen LogP contribution in [0.1, 0.15) is 69.8 Å². The summed E-state index contributed by atoms with van der Waals surface area (Å²) in [5.74, 6) is 0.144. The van der Waals surface area contributed by atoms with Gasteiger partial charge in [0.05, 0.1) is 0 Å². The second-order valence-corrected chi connectivity index (χ2v) is 13.6. The van der Waals surface area contributed by atoms with Crippen LogP contribution >= 0.6 is 0 Å². The molecule has 2 aliphatic rings. The van der Waals surface area contributed by atoms with E-state index in [9.17, 15) is 0 Å². The Bertz CT molecular complexity index is 2230. The van der Waals surface area contributed by atoms with E-state index >= 15 is 0 Å². The van der Waals surface area contributed by atoms with Crippen molar-refractivity contribution in [2.24, 2.45) is 0 Å². The second kappa shape index (κ2) is 14.4. The molecule has 0 radical (unpaired) electrons. The molecule has 1 atom stereocenters. The van der Waals surface area contributed by atoms with Gasteiger partial charge in [-0.1, -0.05) is 0 Å². The van der Waals surface area contributed by atoms with Crippen molar-refractivity contribution in [1.82, 2.24) is 0 Å². The molecule has 233 valence electrons. The molecule has 0 spiro atoms. The molecule has 0 fully saturated rings. The molecular formula is C45H35Cl2Zr. The standard InChI is InChI=1S/C45H35.2ClH.Zr/c1-3-30-24-25-37-35(26-30)28-41-40(37)29-42(43(32-18-10-6-11-19-32)33-20-12-7-13-21-33)36(4-2)44(41)45-38-23-15-14-22-34(38)27-39(45)31-16-8-5-9-17-31;;;/h5-27,29,45H,3-4H2,1-2H3;2*1H;/q;;;+2/p-2. The van der Waals surface area contributed by atoms with Crippen LogP contribution in [-0.2, 0) is 37.6 Å². The largest absolute Gasteiger partial charge is 1.00 e. The van der Waals surface area contributed by atoms with E-state index in [4.69, 9.17) is 0 Å². The maximum atomic E-state index is 2.54. The summed E-state index contributed by atoms with van der Waals surface area (Å²) in [6.07, 6.45) is 4.44. The van der Waals surface area contributed by atoms with Crippen molar-refractivity contribution in [1.29, 1.82) is 0 Å². The predicted octanol–water partition coefficient (Wildman–Crippen LogP) is 3.44. The summed E-state index contributed by atoms with van der Waals surface area (Å²) in [5.41, 5.74) is 17.8. The summed E-state index contributed by atoms with van der Waals surface area (Å²) in [6, 6.07) is 51.9. The summed E-state index contributed by atoms with van der Waals surface area (Å²) in [5, 5.41) is 2.81. The summed E-state index contributed by atoms with van der Waals surface area (Å²) in [6.45, 7) is 4.62. The van der Waals surface area contributed by atoms with Crippen LogP contribution in [0.4, 0.5) is 0 Å². The minimum absolute atomic E-state index is 0. The number of halogens is 2. The first-order chi connectivity index (χ1) is 22.7. The van der Waals surface area contributed by atoms with Crippen LogP contribution in [0.3, 0.4) is 0 Å². The molecule has 0 amide bonds. The minimum atomic E-state index is 0. The Morgan fingerprint density at radius 2 is 1.21 bits per heavy atom. The number of fused-ring (bicyclic) bond motifs is 4. The molecule has 0 bridgehead atoms. The van der Waals surface area contributed by atoms with Crippen molar-refractivity contribution in [3.63, 3.8) is 0 Å². The molecule has 0 N–H and O–H groups in total. The molecule has 8 rings (SSSR count). The van der Waals surface area contributed by atoms with Crippen molar-refractivity contribution in [3.8, 4) is 11.1 Å². The van der Waals surface area contributed by atoms with Crippen LogP contribution in [0, 0.1) is 0 Å². The quantitative estimate of drug-likeness (QED) is 0.246. The van der Waals surface area contributed by atoms with Gasteiger partial charge in [-0.25, -0.2) is 0 Å². The summed E-state index contributed by atoms with van der Waals surface area (Å²) in [7, 11) is 0. The van der Waals surface area contributed by atoms with Gasteiger partial charge in [-0.3, -0.25) is 0 Å². The number of hydrogen-bond donors (Lipinski definition) is 0. The van der Waals surface area contributed by atoms with Gasteiger partial charge in [0.2, 0.25) is 0 Å². The Labute approximate surface area is 311 Å². The van der Waals surface area contributed by atoms with Gasteiger partial charge < -0.3 is 24.8 Å². The normalized spacial score (nSPS) is 13.9. The average Bonchev–Trinajstić information content (AvgIpc) is 3.64. The molecule has 2 aliphatic carbocycles. The van der Waals surface area contributed by atoms with E-state index in [1.54, 1.807) is 0 Å². The van der Waals surface area contributed by atoms with E-state index < -0.39 is 0 Å². The van der Waals surface area contributed by atoms with Crippen LogP contribution in [0.2, 0.25) is 0 Å². The zero-order valence-electron chi connectivity index (χ0n) is 27.1. The predicted molar refractivity (Wildman–Crippen MR) is 189 cm³/mol. The third-order valence-electron chi connectivity index (χ3n) is 9.85. The number of aryl methyl sites for hydroxylation is 1. The first kappa shape index (κ1) is 34.1. The van der Waals surface area contributed by atoms with E-state index in [1.807, 2.05) is 0 Å². The van der Waals surface area contributed by atoms with Gasteiger partial charge in [-0.05, 0) is 0 Å². The zero-order chi connectivity index (χ0) is 31.2. The Morgan fingerprint density at radius 3 is 1.83 bits per heavy atom. The van der Waals surface area contributed by atoms with Gasteiger partial charge in [0, 0.05) is 0 Å². The fourth-order valence-electron chi connectivity index (χ4n) is 7.74. The van der Waals surface area contributed by atoms with Crippen LogP contribution < -0.4 is 35.3 Å². The van der Waals surface area contributed by atoms with Crippen LogP contribution in [0.25, 0.3) is 31.6 Å². The van der Waals surface area contributed by atoms with Gasteiger partial charge in [0.15, 0.2) is 0 Å². The Balaban J connectivity index is 0.00000201. The van der Waals surface area contributed by atoms with E-state index in [-0.39, 0.29) is 30.7 Å². The SMILES string of the molecule is CCc1ccc2c(c1)[C]([Zr+2])=c1c-2cc(=C(c2ccccc2)c2ccccc2)c(CC)c1C1C(c2ccccc2)=Cc2ccccc21.[Cl-].[Cl-]. The molecule has 48 heavy (non-hydrogen) atoms. The Kier molecular flexibility index (Phi) is 10.2. The zero-order valence-corrected chi connectivity index (χ0v) is 31.1. The van der Waals surface area contributed by atoms with Crippen molar-refractivity contribution in [3.05, 3.63) is 200 Å². The van der Waals surface area contributed by atoms with Crippen molar-refractivity contribution < 1.29 is 49.5 Å². The van der Waals surface area contributed by atoms with Gasteiger partial charge >= 0.3 is 289 Å². The fourth-order valence-corrected chi connectivity index (χ4v) is 8.91. The Hall–Kier alpha value is -3.74. The molecule has 3 heteroatoms. The average molecular weight is 738 g/mol. The molecule has 0 heterocycles. The molecule has 1 unspecified atom stereocenters. The Morgan fingerprint density at radius 1 is 0.604 bits per heavy atom. The molecular weight excluding hydrogens is 703 g/mol. The molecule has 0 aromatic heterocycles. The number of rotatable bonds is 6. The van der Waals surface area contributed by atoms with E-state index in [1.165, 1.54) is 111 Å².